The highest BCUT2D eigenvalue weighted by Gasteiger charge is 2.30. The lowest BCUT2D eigenvalue weighted by atomic mass is 9.79. The first-order chi connectivity index (χ1) is 10.0. The van der Waals surface area contributed by atoms with Gasteiger partial charge in [0.1, 0.15) is 0 Å². The quantitative estimate of drug-likeness (QED) is 0.798. The van der Waals surface area contributed by atoms with Gasteiger partial charge in [0, 0.05) is 30.7 Å². The molecule has 2 aliphatic rings. The van der Waals surface area contributed by atoms with Crippen LogP contribution in [-0.2, 0) is 4.79 Å². The van der Waals surface area contributed by atoms with Crippen LogP contribution in [-0.4, -0.2) is 11.9 Å². The predicted molar refractivity (Wildman–Crippen MR) is 83.1 cm³/mol. The number of rotatable bonds is 3. The third kappa shape index (κ3) is 3.52. The fourth-order valence-corrected chi connectivity index (χ4v) is 3.22. The Balaban J connectivity index is 1.61. The Hall–Kier alpha value is -1.65. The Kier molecular flexibility index (Phi) is 3.83. The molecule has 1 aliphatic carbocycles. The van der Waals surface area contributed by atoms with Crippen LogP contribution in [0.3, 0.4) is 0 Å². The summed E-state index contributed by atoms with van der Waals surface area (Å²) in [6.07, 6.45) is 4.44. The van der Waals surface area contributed by atoms with Gasteiger partial charge in [-0.05, 0) is 17.4 Å². The van der Waals surface area contributed by atoms with E-state index in [4.69, 9.17) is 0 Å². The van der Waals surface area contributed by atoms with Gasteiger partial charge >= 0.3 is 0 Å². The number of carbonyl (C=O) groups is 1. The summed E-state index contributed by atoms with van der Waals surface area (Å²) in [4.78, 5) is 11.8. The molecule has 0 amide bonds. The van der Waals surface area contributed by atoms with Crippen molar-refractivity contribution in [3.8, 4) is 0 Å². The van der Waals surface area contributed by atoms with E-state index < -0.39 is 0 Å². The van der Waals surface area contributed by atoms with Crippen molar-refractivity contribution >= 4 is 5.78 Å². The highest BCUT2D eigenvalue weighted by molar-refractivity contribution is 5.91. The molecule has 1 aliphatic heterocycles. The first-order valence-corrected chi connectivity index (χ1v) is 7.58. The second-order valence-electron chi connectivity index (χ2n) is 6.84. The maximum absolute atomic E-state index is 11.8. The molecule has 2 unspecified atom stereocenters. The molecular weight excluding hydrogens is 262 g/mol. The third-order valence-corrected chi connectivity index (χ3v) is 4.12. The second-order valence-corrected chi connectivity index (χ2v) is 6.84. The van der Waals surface area contributed by atoms with Crippen LogP contribution in [0.5, 0.6) is 0 Å². The summed E-state index contributed by atoms with van der Waals surface area (Å²) in [6.45, 7) is 4.29. The molecule has 1 heterocycles. The highest BCUT2D eigenvalue weighted by atomic mass is 16.1. The van der Waals surface area contributed by atoms with Crippen LogP contribution in [0, 0.1) is 5.41 Å². The zero-order valence-electron chi connectivity index (χ0n) is 12.6. The lowest BCUT2D eigenvalue weighted by molar-refractivity contribution is -0.117. The van der Waals surface area contributed by atoms with E-state index in [1.54, 1.807) is 6.08 Å². The van der Waals surface area contributed by atoms with Gasteiger partial charge in [-0.3, -0.25) is 4.79 Å². The van der Waals surface area contributed by atoms with Crippen molar-refractivity contribution in [2.75, 3.05) is 0 Å². The number of hydrogen-bond donors (Lipinski definition) is 3. The van der Waals surface area contributed by atoms with Gasteiger partial charge in [0.25, 0.3) is 0 Å². The van der Waals surface area contributed by atoms with Crippen molar-refractivity contribution in [3.63, 3.8) is 0 Å². The Morgan fingerprint density at radius 3 is 2.62 bits per heavy atom. The number of allylic oxidation sites excluding steroid dienone is 2. The van der Waals surface area contributed by atoms with Crippen LogP contribution in [0.1, 0.15) is 44.7 Å². The normalized spacial score (nSPS) is 28.3. The van der Waals surface area contributed by atoms with E-state index in [1.807, 2.05) is 6.07 Å². The molecule has 0 radical (unpaired) electrons. The van der Waals surface area contributed by atoms with Crippen LogP contribution < -0.4 is 16.2 Å². The zero-order chi connectivity index (χ0) is 14.9. The molecule has 0 saturated carbocycles. The van der Waals surface area contributed by atoms with E-state index in [1.165, 1.54) is 5.56 Å². The maximum Gasteiger partial charge on any atom is 0.157 e. The van der Waals surface area contributed by atoms with Crippen molar-refractivity contribution in [1.29, 1.82) is 0 Å². The van der Waals surface area contributed by atoms with Crippen molar-refractivity contribution in [2.24, 2.45) is 5.41 Å². The first kappa shape index (κ1) is 14.3. The minimum atomic E-state index is 0.0546. The van der Waals surface area contributed by atoms with Gasteiger partial charge in [0.15, 0.2) is 5.78 Å². The molecule has 0 bridgehead atoms. The molecule has 0 aromatic heterocycles. The molecule has 112 valence electrons. The SMILES string of the molecule is CC1(C)CC(=O)C=C(NC2CC(c3ccccc3)NN2)C1. The summed E-state index contributed by atoms with van der Waals surface area (Å²) < 4.78 is 0. The smallest absolute Gasteiger partial charge is 0.157 e. The largest absolute Gasteiger partial charge is 0.372 e. The van der Waals surface area contributed by atoms with Crippen molar-refractivity contribution in [1.82, 2.24) is 16.2 Å². The number of nitrogens with one attached hydrogen (secondary N) is 3. The molecule has 3 N–H and O–H groups in total. The number of benzene rings is 1. The molecular formula is C17H23N3O. The Labute approximate surface area is 126 Å². The Morgan fingerprint density at radius 1 is 1.14 bits per heavy atom. The van der Waals surface area contributed by atoms with Gasteiger partial charge in [-0.1, -0.05) is 44.2 Å². The average molecular weight is 285 g/mol. The predicted octanol–water partition coefficient (Wildman–Crippen LogP) is 2.41. The lowest BCUT2D eigenvalue weighted by Crippen LogP contribution is -2.42. The lowest BCUT2D eigenvalue weighted by Gasteiger charge is -2.30. The summed E-state index contributed by atoms with van der Waals surface area (Å²) in [7, 11) is 0. The van der Waals surface area contributed by atoms with Gasteiger partial charge in [-0.25, -0.2) is 10.9 Å². The monoisotopic (exact) mass is 285 g/mol. The first-order valence-electron chi connectivity index (χ1n) is 7.58. The van der Waals surface area contributed by atoms with Gasteiger partial charge in [-0.2, -0.15) is 0 Å². The Morgan fingerprint density at radius 2 is 1.90 bits per heavy atom. The molecule has 1 saturated heterocycles. The van der Waals surface area contributed by atoms with E-state index in [9.17, 15) is 4.79 Å². The number of hydrogen-bond acceptors (Lipinski definition) is 4. The Bertz CT molecular complexity index is 550. The fourth-order valence-electron chi connectivity index (χ4n) is 3.22. The van der Waals surface area contributed by atoms with Crippen molar-refractivity contribution in [3.05, 3.63) is 47.7 Å². The standard InChI is InChI=1S/C17H23N3O/c1-17(2)10-13(8-14(21)11-17)18-16-9-15(19-20-16)12-6-4-3-5-7-12/h3-8,15-16,18-20H,9-11H2,1-2H3. The molecule has 1 fully saturated rings. The van der Waals surface area contributed by atoms with Crippen LogP contribution in [0.2, 0.25) is 0 Å². The number of carbonyl (C=O) groups excluding carboxylic acids is 1. The summed E-state index contributed by atoms with van der Waals surface area (Å²) >= 11 is 0. The molecule has 1 aromatic carbocycles. The molecule has 4 nitrogen and oxygen atoms in total. The van der Waals surface area contributed by atoms with Crippen LogP contribution >= 0.6 is 0 Å². The van der Waals surface area contributed by atoms with Crippen LogP contribution in [0.15, 0.2) is 42.1 Å². The maximum atomic E-state index is 11.8. The van der Waals surface area contributed by atoms with Gasteiger partial charge in [0.2, 0.25) is 0 Å². The second kappa shape index (κ2) is 5.62. The molecule has 2 atom stereocenters. The van der Waals surface area contributed by atoms with Gasteiger partial charge in [-0.15, -0.1) is 0 Å². The highest BCUT2D eigenvalue weighted by Crippen LogP contribution is 2.33. The van der Waals surface area contributed by atoms with Crippen LogP contribution in [0.4, 0.5) is 0 Å². The van der Waals surface area contributed by atoms with Gasteiger partial charge < -0.3 is 5.32 Å². The molecule has 3 rings (SSSR count). The summed E-state index contributed by atoms with van der Waals surface area (Å²) in [5.41, 5.74) is 8.98. The van der Waals surface area contributed by atoms with Crippen molar-refractivity contribution in [2.45, 2.75) is 45.3 Å². The molecule has 1 aromatic rings. The van der Waals surface area contributed by atoms with E-state index >= 15 is 0 Å². The van der Waals surface area contributed by atoms with Crippen molar-refractivity contribution < 1.29 is 4.79 Å². The van der Waals surface area contributed by atoms with E-state index in [0.717, 1.165) is 18.5 Å². The number of hydrazine groups is 1. The fraction of sp³-hybridized carbons (Fsp3) is 0.471. The van der Waals surface area contributed by atoms with Crippen LogP contribution in [0.25, 0.3) is 0 Å². The molecule has 0 spiro atoms. The molecule has 4 heteroatoms. The summed E-state index contributed by atoms with van der Waals surface area (Å²) in [5.74, 6) is 0.222. The minimum Gasteiger partial charge on any atom is -0.372 e. The zero-order valence-corrected chi connectivity index (χ0v) is 12.6. The number of ketones is 1. The minimum absolute atomic E-state index is 0.0546. The topological polar surface area (TPSA) is 53.2 Å². The summed E-state index contributed by atoms with van der Waals surface area (Å²) in [5, 5.41) is 3.47. The van der Waals surface area contributed by atoms with E-state index in [2.05, 4.69) is 54.3 Å². The van der Waals surface area contributed by atoms with Gasteiger partial charge in [0.05, 0.1) is 6.17 Å². The average Bonchev–Trinajstić information content (AvgIpc) is 2.86. The molecule has 21 heavy (non-hydrogen) atoms. The third-order valence-electron chi connectivity index (χ3n) is 4.12. The summed E-state index contributed by atoms with van der Waals surface area (Å²) in [6, 6.07) is 10.7. The van der Waals surface area contributed by atoms with E-state index in [0.29, 0.717) is 12.5 Å². The van der Waals surface area contributed by atoms with E-state index in [-0.39, 0.29) is 17.4 Å².